The fraction of sp³-hybridized carbons (Fsp3) is 0.528. The Kier molecular flexibility index (Phi) is 11.2. The van der Waals surface area contributed by atoms with Crippen LogP contribution in [0.5, 0.6) is 0 Å². The van der Waals surface area contributed by atoms with E-state index >= 15 is 0 Å². The average Bonchev–Trinajstić information content (AvgIpc) is 3.75. The van der Waals surface area contributed by atoms with Crippen molar-refractivity contribution < 1.29 is 27.2 Å². The van der Waals surface area contributed by atoms with Crippen molar-refractivity contribution in [2.75, 3.05) is 31.4 Å². The first-order valence-corrected chi connectivity index (χ1v) is 18.2. The zero-order valence-electron chi connectivity index (χ0n) is 28.4. The SMILES string of the molecule is CCCCC1=NC2(CCCC2)C(=O)N1Cc1ccc(-c2ccccc2S(=O)(=O)N(COCCOC)c2onc(C)c2C)c(CCC)c1. The summed E-state index contributed by atoms with van der Waals surface area (Å²) in [5.41, 5.74) is 4.09. The summed E-state index contributed by atoms with van der Waals surface area (Å²) < 4.78 is 46.4. The summed E-state index contributed by atoms with van der Waals surface area (Å²) in [5.74, 6) is 1.15. The standard InChI is InChI=1S/C36H48N4O6S/c1-6-8-16-33-37-36(19-11-12-20-36)35(41)39(33)24-28-17-18-30(29(23-28)13-7-2)31-14-9-10-15-32(31)47(42,43)40(25-45-22-21-44-5)34-26(3)27(4)38-46-34/h9-10,14-15,17-18,23H,6-8,11-13,16,19-22,24-25H2,1-5H3. The Morgan fingerprint density at radius 2 is 1.77 bits per heavy atom. The number of amides is 1. The van der Waals surface area contributed by atoms with E-state index in [1.54, 1.807) is 33.1 Å². The summed E-state index contributed by atoms with van der Waals surface area (Å²) in [7, 11) is -2.60. The van der Waals surface area contributed by atoms with Gasteiger partial charge in [-0.3, -0.25) is 14.7 Å². The van der Waals surface area contributed by atoms with Gasteiger partial charge in [-0.25, -0.2) is 12.7 Å². The molecule has 0 unspecified atom stereocenters. The largest absolute Gasteiger partial charge is 0.382 e. The van der Waals surface area contributed by atoms with E-state index in [0.717, 1.165) is 84.6 Å². The number of aromatic nitrogens is 1. The molecule has 11 heteroatoms. The monoisotopic (exact) mass is 664 g/mol. The molecule has 0 saturated heterocycles. The molecule has 3 aromatic rings. The van der Waals surface area contributed by atoms with E-state index in [0.29, 0.717) is 30.0 Å². The van der Waals surface area contributed by atoms with Gasteiger partial charge in [-0.05, 0) is 62.3 Å². The van der Waals surface area contributed by atoms with Gasteiger partial charge in [0.2, 0.25) is 5.88 Å². The van der Waals surface area contributed by atoms with E-state index in [9.17, 15) is 13.2 Å². The number of ether oxygens (including phenoxy) is 2. The minimum Gasteiger partial charge on any atom is -0.382 e. The lowest BCUT2D eigenvalue weighted by Crippen LogP contribution is -2.40. The predicted octanol–water partition coefficient (Wildman–Crippen LogP) is 6.97. The van der Waals surface area contributed by atoms with Crippen molar-refractivity contribution in [3.63, 3.8) is 0 Å². The van der Waals surface area contributed by atoms with Crippen molar-refractivity contribution in [3.05, 3.63) is 64.8 Å². The molecule has 1 spiro atoms. The number of hydrogen-bond donors (Lipinski definition) is 0. The average molecular weight is 665 g/mol. The van der Waals surface area contributed by atoms with Crippen molar-refractivity contribution in [1.82, 2.24) is 10.1 Å². The fourth-order valence-corrected chi connectivity index (χ4v) is 8.11. The smallest absolute Gasteiger partial charge is 0.269 e. The summed E-state index contributed by atoms with van der Waals surface area (Å²) in [6.07, 6.45) is 8.17. The molecule has 47 heavy (non-hydrogen) atoms. The van der Waals surface area contributed by atoms with Gasteiger partial charge in [0.25, 0.3) is 15.9 Å². The van der Waals surface area contributed by atoms with Crippen LogP contribution < -0.4 is 4.31 Å². The second-order valence-electron chi connectivity index (χ2n) is 12.6. The number of carbonyl (C=O) groups excluding carboxylic acids is 1. The van der Waals surface area contributed by atoms with E-state index in [-0.39, 0.29) is 30.0 Å². The maximum absolute atomic E-state index is 14.5. The highest BCUT2D eigenvalue weighted by atomic mass is 32.2. The number of aryl methyl sites for hydroxylation is 2. The van der Waals surface area contributed by atoms with Crippen LogP contribution in [-0.2, 0) is 37.3 Å². The number of anilines is 1. The van der Waals surface area contributed by atoms with Crippen LogP contribution in [0, 0.1) is 13.8 Å². The lowest BCUT2D eigenvalue weighted by Gasteiger charge is -2.25. The maximum Gasteiger partial charge on any atom is 0.269 e. The maximum atomic E-state index is 14.5. The van der Waals surface area contributed by atoms with Gasteiger partial charge >= 0.3 is 0 Å². The molecule has 2 aromatic carbocycles. The highest BCUT2D eigenvalue weighted by molar-refractivity contribution is 7.93. The van der Waals surface area contributed by atoms with Crippen LogP contribution >= 0.6 is 0 Å². The Bertz CT molecular complexity index is 1690. The lowest BCUT2D eigenvalue weighted by molar-refractivity contribution is -0.131. The molecule has 2 aliphatic rings. The van der Waals surface area contributed by atoms with Gasteiger partial charge in [0, 0.05) is 24.7 Å². The van der Waals surface area contributed by atoms with Crippen molar-refractivity contribution in [2.45, 2.75) is 102 Å². The van der Waals surface area contributed by atoms with Crippen LogP contribution in [0.2, 0.25) is 0 Å². The number of sulfonamides is 1. The van der Waals surface area contributed by atoms with Gasteiger partial charge in [0.15, 0.2) is 0 Å². The third-order valence-corrected chi connectivity index (χ3v) is 11.0. The van der Waals surface area contributed by atoms with Crippen molar-refractivity contribution in [1.29, 1.82) is 0 Å². The van der Waals surface area contributed by atoms with Gasteiger partial charge in [0.05, 0.1) is 30.3 Å². The van der Waals surface area contributed by atoms with E-state index in [4.69, 9.17) is 19.0 Å². The van der Waals surface area contributed by atoms with Gasteiger partial charge < -0.3 is 14.0 Å². The number of hydrogen-bond acceptors (Lipinski definition) is 8. The highest BCUT2D eigenvalue weighted by Gasteiger charge is 2.49. The molecule has 1 saturated carbocycles. The molecule has 1 amide bonds. The molecular weight excluding hydrogens is 616 g/mol. The molecule has 5 rings (SSSR count). The molecule has 1 aliphatic heterocycles. The van der Waals surface area contributed by atoms with Gasteiger partial charge in [0.1, 0.15) is 18.1 Å². The van der Waals surface area contributed by atoms with Crippen LogP contribution in [0.15, 0.2) is 56.9 Å². The molecule has 0 bridgehead atoms. The molecular formula is C36H48N4O6S. The molecule has 254 valence electrons. The summed E-state index contributed by atoms with van der Waals surface area (Å²) in [4.78, 5) is 20.9. The Hall–Kier alpha value is -3.54. The zero-order valence-corrected chi connectivity index (χ0v) is 29.2. The van der Waals surface area contributed by atoms with Crippen LogP contribution in [0.25, 0.3) is 11.1 Å². The molecule has 1 aromatic heterocycles. The fourth-order valence-electron chi connectivity index (χ4n) is 6.56. The molecule has 1 aliphatic carbocycles. The third-order valence-electron chi connectivity index (χ3n) is 9.26. The van der Waals surface area contributed by atoms with Gasteiger partial charge in [-0.1, -0.05) is 81.1 Å². The minimum atomic E-state index is -4.16. The van der Waals surface area contributed by atoms with Crippen LogP contribution in [0.3, 0.4) is 0 Å². The third kappa shape index (κ3) is 7.17. The van der Waals surface area contributed by atoms with Crippen LogP contribution in [-0.4, -0.2) is 62.8 Å². The molecule has 2 heterocycles. The molecule has 0 radical (unpaired) electrons. The quantitative estimate of drug-likeness (QED) is 0.120. The second-order valence-corrected chi connectivity index (χ2v) is 14.4. The minimum absolute atomic E-state index is 0.120. The zero-order chi connectivity index (χ0) is 33.6. The summed E-state index contributed by atoms with van der Waals surface area (Å²) in [6.45, 7) is 8.54. The normalized spacial score (nSPS) is 16.0. The van der Waals surface area contributed by atoms with E-state index < -0.39 is 15.6 Å². The Morgan fingerprint density at radius 3 is 2.45 bits per heavy atom. The van der Waals surface area contributed by atoms with E-state index in [1.165, 1.54) is 0 Å². The predicted molar refractivity (Wildman–Crippen MR) is 183 cm³/mol. The van der Waals surface area contributed by atoms with Crippen LogP contribution in [0.1, 0.15) is 87.6 Å². The second kappa shape index (κ2) is 15.1. The number of carbonyl (C=O) groups is 1. The first-order chi connectivity index (χ1) is 22.7. The number of nitrogens with zero attached hydrogens (tertiary/aromatic N) is 4. The first kappa shape index (κ1) is 34.8. The first-order valence-electron chi connectivity index (χ1n) is 16.8. The van der Waals surface area contributed by atoms with Crippen molar-refractivity contribution >= 4 is 27.7 Å². The van der Waals surface area contributed by atoms with Crippen LogP contribution in [0.4, 0.5) is 5.88 Å². The Labute approximate surface area is 279 Å². The molecule has 0 atom stereocenters. The number of aliphatic imine (C=N–C) groups is 1. The number of rotatable bonds is 16. The number of methoxy groups -OCH3 is 1. The van der Waals surface area contributed by atoms with Gasteiger partial charge in [-0.15, -0.1) is 0 Å². The Morgan fingerprint density at radius 1 is 1.00 bits per heavy atom. The van der Waals surface area contributed by atoms with Crippen molar-refractivity contribution in [3.8, 4) is 11.1 Å². The van der Waals surface area contributed by atoms with Crippen molar-refractivity contribution in [2.24, 2.45) is 4.99 Å². The molecule has 10 nitrogen and oxygen atoms in total. The number of benzene rings is 2. The summed E-state index contributed by atoms with van der Waals surface area (Å²) >= 11 is 0. The Balaban J connectivity index is 1.50. The summed E-state index contributed by atoms with van der Waals surface area (Å²) in [6, 6.07) is 13.2. The number of amidine groups is 1. The van der Waals surface area contributed by atoms with E-state index in [2.05, 4.69) is 25.1 Å². The topological polar surface area (TPSA) is 115 Å². The van der Waals surface area contributed by atoms with E-state index in [1.807, 2.05) is 29.2 Å². The lowest BCUT2D eigenvalue weighted by atomic mass is 9.94. The van der Waals surface area contributed by atoms with Gasteiger partial charge in [-0.2, -0.15) is 0 Å². The highest BCUT2D eigenvalue weighted by Crippen LogP contribution is 2.41. The molecule has 1 fully saturated rings. The molecule has 0 N–H and O–H groups in total. The number of unbranched alkanes of at least 4 members (excludes halogenated alkanes) is 1. The summed E-state index contributed by atoms with van der Waals surface area (Å²) in [5, 5.41) is 4.01.